The van der Waals surface area contributed by atoms with E-state index in [1.54, 1.807) is 0 Å². The molecule has 0 bridgehead atoms. The summed E-state index contributed by atoms with van der Waals surface area (Å²) >= 11 is 1.27. The summed E-state index contributed by atoms with van der Waals surface area (Å²) in [7, 11) is 0. The van der Waals surface area contributed by atoms with Crippen LogP contribution in [0.2, 0.25) is 0 Å². The molecule has 0 unspecified atom stereocenters. The third kappa shape index (κ3) is 2.71. The Kier molecular flexibility index (Phi) is 4.04. The number of nitrogens with zero attached hydrogens (tertiary/aromatic N) is 2. The molecular weight excluding hydrogens is 260 g/mol. The molecule has 1 heterocycles. The lowest BCUT2D eigenvalue weighted by atomic mass is 9.99. The standard InChI is InChI=1S/C14H15N2O2S/c1-9(2)11-5-4-10(3)6-12(11)16-13(18)7-19-14(16)15-8-17/h4-6,9H,7H2,1-3H3/b15-14-. The number of aliphatic imine (C=N–C) groups is 1. The second-order valence-electron chi connectivity index (χ2n) is 4.72. The average Bonchev–Trinajstić information content (AvgIpc) is 2.70. The van der Waals surface area contributed by atoms with Gasteiger partial charge in [0.25, 0.3) is 0 Å². The summed E-state index contributed by atoms with van der Waals surface area (Å²) in [5.74, 6) is 0.549. The Bertz CT molecular complexity index is 552. The normalized spacial score (nSPS) is 17.6. The van der Waals surface area contributed by atoms with Gasteiger partial charge in [-0.3, -0.25) is 14.5 Å². The van der Waals surface area contributed by atoms with Crippen molar-refractivity contribution in [2.45, 2.75) is 26.7 Å². The molecule has 0 saturated carbocycles. The van der Waals surface area contributed by atoms with Crippen LogP contribution in [-0.2, 0) is 9.59 Å². The number of hydrogen-bond donors (Lipinski definition) is 0. The number of carbonyl (C=O) groups excluding carboxylic acids is 2. The van der Waals surface area contributed by atoms with E-state index >= 15 is 0 Å². The molecule has 19 heavy (non-hydrogen) atoms. The Hall–Kier alpha value is -1.62. The van der Waals surface area contributed by atoms with Gasteiger partial charge in [0.05, 0.1) is 11.4 Å². The predicted octanol–water partition coefficient (Wildman–Crippen LogP) is 2.62. The van der Waals surface area contributed by atoms with Gasteiger partial charge in [0.15, 0.2) is 5.17 Å². The molecule has 0 spiro atoms. The Labute approximate surface area is 116 Å². The minimum Gasteiger partial charge on any atom is -0.273 e. The van der Waals surface area contributed by atoms with Crippen LogP contribution in [0.25, 0.3) is 0 Å². The van der Waals surface area contributed by atoms with Crippen LogP contribution in [0, 0.1) is 6.92 Å². The summed E-state index contributed by atoms with van der Waals surface area (Å²) in [6, 6.07) is 6.00. The smallest absolute Gasteiger partial charge is 0.273 e. The SMILES string of the molecule is Cc1ccc(C(C)C)c(N2C(=O)CS/C2=N\[C]=O)c1. The van der Waals surface area contributed by atoms with E-state index in [1.807, 2.05) is 25.1 Å². The Balaban J connectivity index is 2.55. The fourth-order valence-corrected chi connectivity index (χ4v) is 2.87. The van der Waals surface area contributed by atoms with Crippen molar-refractivity contribution in [3.05, 3.63) is 29.3 Å². The van der Waals surface area contributed by atoms with Crippen molar-refractivity contribution in [3.8, 4) is 0 Å². The highest BCUT2D eigenvalue weighted by Gasteiger charge is 2.31. The van der Waals surface area contributed by atoms with Gasteiger partial charge in [0.2, 0.25) is 5.91 Å². The van der Waals surface area contributed by atoms with Crippen LogP contribution >= 0.6 is 11.8 Å². The maximum atomic E-state index is 12.0. The fourth-order valence-electron chi connectivity index (χ4n) is 2.06. The number of anilines is 1. The molecule has 0 atom stereocenters. The van der Waals surface area contributed by atoms with Crippen LogP contribution < -0.4 is 4.90 Å². The summed E-state index contributed by atoms with van der Waals surface area (Å²) in [5.41, 5.74) is 2.96. The molecule has 1 radical (unpaired) electrons. The van der Waals surface area contributed by atoms with Gasteiger partial charge in [-0.05, 0) is 30.0 Å². The zero-order valence-electron chi connectivity index (χ0n) is 11.1. The first-order valence-corrected chi connectivity index (χ1v) is 7.04. The average molecular weight is 275 g/mol. The van der Waals surface area contributed by atoms with Crippen LogP contribution in [0.3, 0.4) is 0 Å². The van der Waals surface area contributed by atoms with Gasteiger partial charge in [0, 0.05) is 0 Å². The lowest BCUT2D eigenvalue weighted by molar-refractivity contribution is -0.115. The van der Waals surface area contributed by atoms with Crippen molar-refractivity contribution < 1.29 is 9.59 Å². The highest BCUT2D eigenvalue weighted by Crippen LogP contribution is 2.33. The van der Waals surface area contributed by atoms with Gasteiger partial charge in [0.1, 0.15) is 0 Å². The third-order valence-corrected chi connectivity index (χ3v) is 3.88. The minimum atomic E-state index is -0.0495. The molecule has 1 aromatic rings. The van der Waals surface area contributed by atoms with Crippen molar-refractivity contribution >= 4 is 34.9 Å². The number of benzene rings is 1. The molecule has 2 rings (SSSR count). The number of carbonyl (C=O) groups is 1. The highest BCUT2D eigenvalue weighted by atomic mass is 32.2. The van der Waals surface area contributed by atoms with E-state index in [1.165, 1.54) is 23.1 Å². The summed E-state index contributed by atoms with van der Waals surface area (Å²) in [6.07, 6.45) is 1.52. The summed E-state index contributed by atoms with van der Waals surface area (Å²) in [5, 5.41) is 0.410. The van der Waals surface area contributed by atoms with Crippen LogP contribution in [0.4, 0.5) is 5.69 Å². The topological polar surface area (TPSA) is 49.7 Å². The molecular formula is C14H15N2O2S. The molecule has 1 fully saturated rings. The Morgan fingerprint density at radius 1 is 1.42 bits per heavy atom. The van der Waals surface area contributed by atoms with Gasteiger partial charge < -0.3 is 0 Å². The highest BCUT2D eigenvalue weighted by molar-refractivity contribution is 8.15. The lowest BCUT2D eigenvalue weighted by Gasteiger charge is -2.21. The number of amides is 2. The van der Waals surface area contributed by atoms with E-state index in [0.717, 1.165) is 16.8 Å². The van der Waals surface area contributed by atoms with Crippen LogP contribution in [0.15, 0.2) is 23.2 Å². The molecule has 4 nitrogen and oxygen atoms in total. The number of aryl methyl sites for hydroxylation is 1. The van der Waals surface area contributed by atoms with Gasteiger partial charge in [-0.2, -0.15) is 4.99 Å². The van der Waals surface area contributed by atoms with Crippen molar-refractivity contribution in [1.29, 1.82) is 0 Å². The van der Waals surface area contributed by atoms with Crippen LogP contribution in [0.5, 0.6) is 0 Å². The van der Waals surface area contributed by atoms with Gasteiger partial charge in [-0.15, -0.1) is 0 Å². The molecule has 0 N–H and O–H groups in total. The molecule has 1 aliphatic rings. The van der Waals surface area contributed by atoms with E-state index in [9.17, 15) is 9.59 Å². The predicted molar refractivity (Wildman–Crippen MR) is 78.3 cm³/mol. The molecule has 0 aromatic heterocycles. The second-order valence-corrected chi connectivity index (χ2v) is 5.66. The van der Waals surface area contributed by atoms with Crippen molar-refractivity contribution in [2.75, 3.05) is 10.7 Å². The van der Waals surface area contributed by atoms with E-state index in [4.69, 9.17) is 0 Å². The zero-order chi connectivity index (χ0) is 14.0. The fraction of sp³-hybridized carbons (Fsp3) is 0.357. The minimum absolute atomic E-state index is 0.0495. The number of amidine groups is 1. The summed E-state index contributed by atoms with van der Waals surface area (Å²) < 4.78 is 0. The maximum Gasteiger partial charge on any atom is 0.339 e. The molecule has 99 valence electrons. The summed E-state index contributed by atoms with van der Waals surface area (Å²) in [6.45, 7) is 6.12. The van der Waals surface area contributed by atoms with Crippen LogP contribution in [0.1, 0.15) is 30.9 Å². The number of rotatable bonds is 3. The third-order valence-electron chi connectivity index (χ3n) is 2.96. The number of thioether (sulfide) groups is 1. The van der Waals surface area contributed by atoms with Crippen molar-refractivity contribution in [2.24, 2.45) is 4.99 Å². The van der Waals surface area contributed by atoms with Crippen molar-refractivity contribution in [1.82, 2.24) is 0 Å². The van der Waals surface area contributed by atoms with E-state index < -0.39 is 0 Å². The zero-order valence-corrected chi connectivity index (χ0v) is 12.0. The first-order valence-electron chi connectivity index (χ1n) is 6.05. The Morgan fingerprint density at radius 2 is 2.16 bits per heavy atom. The molecule has 1 aromatic carbocycles. The first-order chi connectivity index (χ1) is 9.04. The molecule has 2 amide bonds. The van der Waals surface area contributed by atoms with Gasteiger partial charge >= 0.3 is 6.41 Å². The van der Waals surface area contributed by atoms with E-state index in [2.05, 4.69) is 18.8 Å². The van der Waals surface area contributed by atoms with E-state index in [-0.39, 0.29) is 11.8 Å². The molecule has 5 heteroatoms. The van der Waals surface area contributed by atoms with Gasteiger partial charge in [-0.1, -0.05) is 37.7 Å². The second kappa shape index (κ2) is 5.57. The quantitative estimate of drug-likeness (QED) is 0.852. The summed E-state index contributed by atoms with van der Waals surface area (Å²) in [4.78, 5) is 27.7. The lowest BCUT2D eigenvalue weighted by Crippen LogP contribution is -2.30. The molecule has 1 aliphatic heterocycles. The van der Waals surface area contributed by atoms with Crippen molar-refractivity contribution in [3.63, 3.8) is 0 Å². The number of hydrogen-bond acceptors (Lipinski definition) is 3. The maximum absolute atomic E-state index is 12.0. The van der Waals surface area contributed by atoms with E-state index in [0.29, 0.717) is 10.9 Å². The van der Waals surface area contributed by atoms with Gasteiger partial charge in [-0.25, -0.2) is 0 Å². The molecule has 0 aliphatic carbocycles. The van der Waals surface area contributed by atoms with Crippen LogP contribution in [-0.4, -0.2) is 23.2 Å². The largest absolute Gasteiger partial charge is 0.339 e. The molecule has 1 saturated heterocycles. The Morgan fingerprint density at radius 3 is 2.79 bits per heavy atom. The first kappa shape index (κ1) is 13.8. The monoisotopic (exact) mass is 275 g/mol.